The van der Waals surface area contributed by atoms with Gasteiger partial charge in [0.15, 0.2) is 17.3 Å². The second kappa shape index (κ2) is 5.45. The van der Waals surface area contributed by atoms with E-state index in [2.05, 4.69) is 20.3 Å². The van der Waals surface area contributed by atoms with Gasteiger partial charge in [-0.25, -0.2) is 4.39 Å². The Bertz CT molecular complexity index is 1090. The minimum Gasteiger partial charge on any atom is -0.293 e. The number of fused-ring (bicyclic) bond motifs is 2. The predicted octanol–water partition coefficient (Wildman–Crippen LogP) is 2.61. The number of nitrogens with zero attached hydrogens (tertiary/aromatic N) is 5. The first-order valence-corrected chi connectivity index (χ1v) is 7.38. The molecule has 0 N–H and O–H groups in total. The summed E-state index contributed by atoms with van der Waals surface area (Å²) in [4.78, 5) is 15.6. The zero-order chi connectivity index (χ0) is 16.7. The van der Waals surface area contributed by atoms with Crippen LogP contribution in [0.2, 0.25) is 0 Å². The maximum absolute atomic E-state index is 14.7. The summed E-state index contributed by atoms with van der Waals surface area (Å²) in [6, 6.07) is 10.1. The van der Waals surface area contributed by atoms with Crippen molar-refractivity contribution in [2.75, 3.05) is 0 Å². The number of pyridine rings is 1. The Morgan fingerprint density at radius 3 is 2.88 bits per heavy atom. The van der Waals surface area contributed by atoms with Gasteiger partial charge >= 0.3 is 0 Å². The lowest BCUT2D eigenvalue weighted by Crippen LogP contribution is -2.06. The highest BCUT2D eigenvalue weighted by Gasteiger charge is 2.14. The van der Waals surface area contributed by atoms with E-state index < -0.39 is 0 Å². The molecule has 0 aliphatic heterocycles. The maximum atomic E-state index is 14.7. The number of ketones is 1. The highest BCUT2D eigenvalue weighted by molar-refractivity contribution is 5.92. The molecular weight excluding hydrogens is 309 g/mol. The van der Waals surface area contributed by atoms with Crippen LogP contribution in [0.4, 0.5) is 4.39 Å². The van der Waals surface area contributed by atoms with Crippen molar-refractivity contribution in [3.63, 3.8) is 0 Å². The number of hydrogen-bond acceptors (Lipinski definition) is 5. The van der Waals surface area contributed by atoms with Gasteiger partial charge in [0.1, 0.15) is 11.5 Å². The molecule has 0 fully saturated rings. The Kier molecular flexibility index (Phi) is 3.26. The predicted molar refractivity (Wildman–Crippen MR) is 85.3 cm³/mol. The largest absolute Gasteiger partial charge is 0.293 e. The summed E-state index contributed by atoms with van der Waals surface area (Å²) in [5, 5.41) is 12.8. The van der Waals surface area contributed by atoms with Crippen molar-refractivity contribution in [3.8, 4) is 0 Å². The summed E-state index contributed by atoms with van der Waals surface area (Å²) in [6.07, 6.45) is 1.84. The van der Waals surface area contributed by atoms with E-state index in [1.807, 2.05) is 0 Å². The van der Waals surface area contributed by atoms with Crippen molar-refractivity contribution in [1.82, 2.24) is 24.8 Å². The highest BCUT2D eigenvalue weighted by atomic mass is 19.1. The van der Waals surface area contributed by atoms with Gasteiger partial charge in [-0.15, -0.1) is 10.2 Å². The highest BCUT2D eigenvalue weighted by Crippen LogP contribution is 2.21. The van der Waals surface area contributed by atoms with E-state index in [4.69, 9.17) is 0 Å². The van der Waals surface area contributed by atoms with Crippen LogP contribution in [0, 0.1) is 5.82 Å². The summed E-state index contributed by atoms with van der Waals surface area (Å²) in [5.41, 5.74) is 1.89. The number of Topliss-reactive ketones (excluding diaryl/α,β-unsaturated/α-hetero) is 1. The molecule has 3 heterocycles. The minimum absolute atomic E-state index is 0.153. The van der Waals surface area contributed by atoms with Crippen molar-refractivity contribution in [2.45, 2.75) is 13.3 Å². The van der Waals surface area contributed by atoms with Crippen LogP contribution in [-0.2, 0) is 6.42 Å². The number of rotatable bonds is 3. The molecule has 4 rings (SSSR count). The number of carbonyl (C=O) groups excluding carboxylic acids is 1. The van der Waals surface area contributed by atoms with Gasteiger partial charge in [0.25, 0.3) is 0 Å². The molecule has 0 aliphatic rings. The molecular formula is C17H12FN5O. The van der Waals surface area contributed by atoms with Crippen LogP contribution in [0.5, 0.6) is 0 Å². The summed E-state index contributed by atoms with van der Waals surface area (Å²) in [6.45, 7) is 1.44. The Morgan fingerprint density at radius 2 is 2.04 bits per heavy atom. The number of benzene rings is 1. The molecule has 0 unspecified atom stereocenters. The van der Waals surface area contributed by atoms with E-state index in [1.54, 1.807) is 42.6 Å². The third-order valence-corrected chi connectivity index (χ3v) is 3.84. The molecule has 0 aliphatic carbocycles. The molecule has 118 valence electrons. The molecule has 4 aromatic rings. The maximum Gasteiger partial charge on any atom is 0.179 e. The zero-order valence-corrected chi connectivity index (χ0v) is 12.8. The average Bonchev–Trinajstić information content (AvgIpc) is 3.00. The number of halogens is 1. The first-order valence-electron chi connectivity index (χ1n) is 7.38. The molecule has 7 heteroatoms. The molecule has 24 heavy (non-hydrogen) atoms. The summed E-state index contributed by atoms with van der Waals surface area (Å²) in [7, 11) is 0. The molecule has 3 aromatic heterocycles. The molecule has 0 saturated carbocycles. The molecule has 0 radical (unpaired) electrons. The van der Waals surface area contributed by atoms with Crippen molar-refractivity contribution in [3.05, 3.63) is 65.5 Å². The molecule has 6 nitrogen and oxygen atoms in total. The number of hydrogen-bond donors (Lipinski definition) is 0. The van der Waals surface area contributed by atoms with Gasteiger partial charge in [0.05, 0.1) is 5.52 Å². The van der Waals surface area contributed by atoms with E-state index in [-0.39, 0.29) is 18.0 Å². The first-order chi connectivity index (χ1) is 11.6. The number of carbonyl (C=O) groups is 1. The normalized spacial score (nSPS) is 11.2. The zero-order valence-electron chi connectivity index (χ0n) is 12.8. The van der Waals surface area contributed by atoms with Gasteiger partial charge < -0.3 is 0 Å². The van der Waals surface area contributed by atoms with Crippen LogP contribution < -0.4 is 0 Å². The minimum atomic E-state index is -0.333. The third kappa shape index (κ3) is 2.30. The number of aromatic nitrogens is 5. The van der Waals surface area contributed by atoms with E-state index in [0.717, 1.165) is 0 Å². The molecule has 1 aromatic carbocycles. The average molecular weight is 321 g/mol. The van der Waals surface area contributed by atoms with Crippen molar-refractivity contribution in [2.24, 2.45) is 0 Å². The Labute approximate surface area is 136 Å². The van der Waals surface area contributed by atoms with Crippen molar-refractivity contribution >= 4 is 22.3 Å². The first kappa shape index (κ1) is 14.4. The van der Waals surface area contributed by atoms with Gasteiger partial charge in [0.2, 0.25) is 0 Å². The van der Waals surface area contributed by atoms with Crippen molar-refractivity contribution < 1.29 is 9.18 Å². The van der Waals surface area contributed by atoms with Crippen LogP contribution in [0.1, 0.15) is 28.8 Å². The van der Waals surface area contributed by atoms with Crippen LogP contribution in [0.15, 0.2) is 42.6 Å². The molecule has 0 spiro atoms. The fraction of sp³-hybridized carbons (Fsp3) is 0.118. The van der Waals surface area contributed by atoms with Gasteiger partial charge in [0, 0.05) is 24.9 Å². The quantitative estimate of drug-likeness (QED) is 0.542. The summed E-state index contributed by atoms with van der Waals surface area (Å²) >= 11 is 0. The Balaban J connectivity index is 1.81. The van der Waals surface area contributed by atoms with E-state index in [1.165, 1.54) is 11.4 Å². The van der Waals surface area contributed by atoms with E-state index in [0.29, 0.717) is 33.6 Å². The second-order valence-electron chi connectivity index (χ2n) is 5.45. The van der Waals surface area contributed by atoms with Gasteiger partial charge in [-0.1, -0.05) is 6.07 Å². The SMILES string of the molecule is CC(=O)c1ccc2nnc(Cc3ccc4ncccc4c3F)n2n1. The van der Waals surface area contributed by atoms with E-state index in [9.17, 15) is 9.18 Å². The lowest BCUT2D eigenvalue weighted by Gasteiger charge is -2.05. The Morgan fingerprint density at radius 1 is 1.17 bits per heavy atom. The Hall–Kier alpha value is -3.22. The lowest BCUT2D eigenvalue weighted by atomic mass is 10.1. The standard InChI is InChI=1S/C17H12FN5O/c1-10(24)13-6-7-15-20-21-16(23(15)22-13)9-11-4-5-14-12(17(11)18)3-2-8-19-14/h2-8H,9H2,1H3. The lowest BCUT2D eigenvalue weighted by molar-refractivity contribution is 0.101. The topological polar surface area (TPSA) is 73.0 Å². The summed E-state index contributed by atoms with van der Waals surface area (Å²) < 4.78 is 16.2. The monoisotopic (exact) mass is 321 g/mol. The molecule has 0 saturated heterocycles. The van der Waals surface area contributed by atoms with Gasteiger partial charge in [-0.3, -0.25) is 9.78 Å². The second-order valence-corrected chi connectivity index (χ2v) is 5.45. The summed E-state index contributed by atoms with van der Waals surface area (Å²) in [5.74, 6) is -0.0187. The third-order valence-electron chi connectivity index (χ3n) is 3.84. The molecule has 0 amide bonds. The van der Waals surface area contributed by atoms with Crippen LogP contribution in [0.3, 0.4) is 0 Å². The fourth-order valence-electron chi connectivity index (χ4n) is 2.60. The fourth-order valence-corrected chi connectivity index (χ4v) is 2.60. The smallest absolute Gasteiger partial charge is 0.179 e. The van der Waals surface area contributed by atoms with Crippen LogP contribution >= 0.6 is 0 Å². The van der Waals surface area contributed by atoms with Crippen molar-refractivity contribution in [1.29, 1.82) is 0 Å². The van der Waals surface area contributed by atoms with E-state index >= 15 is 0 Å². The molecule has 0 atom stereocenters. The van der Waals surface area contributed by atoms with Crippen LogP contribution in [0.25, 0.3) is 16.6 Å². The van der Waals surface area contributed by atoms with Gasteiger partial charge in [-0.2, -0.15) is 9.61 Å². The molecule has 0 bridgehead atoms. The van der Waals surface area contributed by atoms with Crippen LogP contribution in [-0.4, -0.2) is 30.6 Å². The van der Waals surface area contributed by atoms with Gasteiger partial charge in [-0.05, 0) is 35.9 Å².